The lowest BCUT2D eigenvalue weighted by Crippen LogP contribution is -2.35. The van der Waals surface area contributed by atoms with Crippen molar-refractivity contribution < 1.29 is 18.4 Å². The Morgan fingerprint density at radius 1 is 1.18 bits per heavy atom. The summed E-state index contributed by atoms with van der Waals surface area (Å²) in [6.45, 7) is 2.04. The topological polar surface area (TPSA) is 71.1 Å². The Kier molecular flexibility index (Phi) is 5.16. The Bertz CT molecular complexity index is 703. The van der Waals surface area contributed by atoms with Gasteiger partial charge in [-0.3, -0.25) is 9.59 Å². The van der Waals surface area contributed by atoms with Crippen LogP contribution in [0.4, 0.5) is 8.78 Å². The van der Waals surface area contributed by atoms with Gasteiger partial charge in [-0.2, -0.15) is 0 Å². The minimum atomic E-state index is -0.929. The Hall–Kier alpha value is -2.35. The summed E-state index contributed by atoms with van der Waals surface area (Å²) in [6, 6.07) is 2.72. The van der Waals surface area contributed by atoms with Crippen LogP contribution in [0.15, 0.2) is 23.7 Å². The predicted molar refractivity (Wildman–Crippen MR) is 77.9 cm³/mol. The lowest BCUT2D eigenvalue weighted by atomic mass is 10.2. The van der Waals surface area contributed by atoms with Crippen molar-refractivity contribution in [2.75, 3.05) is 13.1 Å². The zero-order valence-electron chi connectivity index (χ0n) is 11.7. The van der Waals surface area contributed by atoms with Crippen LogP contribution in [0.2, 0.25) is 0 Å². The summed E-state index contributed by atoms with van der Waals surface area (Å²) in [5.74, 6) is -2.62. The van der Waals surface area contributed by atoms with E-state index in [2.05, 4.69) is 15.6 Å². The molecule has 22 heavy (non-hydrogen) atoms. The molecule has 0 aliphatic heterocycles. The third kappa shape index (κ3) is 3.85. The second-order valence-electron chi connectivity index (χ2n) is 4.40. The Morgan fingerprint density at radius 2 is 1.86 bits per heavy atom. The molecule has 2 N–H and O–H groups in total. The Labute approximate surface area is 129 Å². The minimum Gasteiger partial charge on any atom is -0.350 e. The number of hydrogen-bond donors (Lipinski definition) is 2. The lowest BCUT2D eigenvalue weighted by molar-refractivity contribution is 0.0926. The van der Waals surface area contributed by atoms with E-state index in [9.17, 15) is 18.4 Å². The van der Waals surface area contributed by atoms with Gasteiger partial charge in [0, 0.05) is 19.2 Å². The van der Waals surface area contributed by atoms with Crippen molar-refractivity contribution in [3.63, 3.8) is 0 Å². The van der Waals surface area contributed by atoms with Crippen molar-refractivity contribution in [1.82, 2.24) is 15.6 Å². The van der Waals surface area contributed by atoms with Crippen LogP contribution in [0.1, 0.15) is 25.7 Å². The molecule has 5 nitrogen and oxygen atoms in total. The first-order valence-electron chi connectivity index (χ1n) is 6.40. The molecule has 0 saturated heterocycles. The third-order valence-electron chi connectivity index (χ3n) is 2.82. The number of hydrogen-bond acceptors (Lipinski definition) is 4. The molecular weight excluding hydrogens is 312 g/mol. The maximum absolute atomic E-state index is 13.4. The van der Waals surface area contributed by atoms with E-state index in [4.69, 9.17) is 0 Å². The van der Waals surface area contributed by atoms with Gasteiger partial charge in [0.15, 0.2) is 0 Å². The van der Waals surface area contributed by atoms with Crippen LogP contribution in [-0.2, 0) is 0 Å². The molecule has 1 aromatic heterocycles. The summed E-state index contributed by atoms with van der Waals surface area (Å²) >= 11 is 1.23. The highest BCUT2D eigenvalue weighted by molar-refractivity contribution is 7.11. The third-order valence-corrected chi connectivity index (χ3v) is 3.75. The average molecular weight is 325 g/mol. The molecule has 0 spiro atoms. The van der Waals surface area contributed by atoms with Crippen LogP contribution in [0, 0.1) is 18.6 Å². The molecule has 2 aromatic rings. The summed E-state index contributed by atoms with van der Waals surface area (Å²) in [6.07, 6.45) is 0. The van der Waals surface area contributed by atoms with E-state index < -0.39 is 17.5 Å². The first-order valence-corrected chi connectivity index (χ1v) is 7.28. The van der Waals surface area contributed by atoms with Gasteiger partial charge in [-0.25, -0.2) is 13.8 Å². The number of amides is 2. The van der Waals surface area contributed by atoms with E-state index in [0.717, 1.165) is 12.1 Å². The van der Waals surface area contributed by atoms with Crippen molar-refractivity contribution in [2.45, 2.75) is 6.92 Å². The molecule has 2 amide bonds. The van der Waals surface area contributed by atoms with Crippen molar-refractivity contribution in [1.29, 1.82) is 0 Å². The van der Waals surface area contributed by atoms with Crippen LogP contribution < -0.4 is 10.6 Å². The van der Waals surface area contributed by atoms with Crippen LogP contribution in [0.3, 0.4) is 0 Å². The summed E-state index contributed by atoms with van der Waals surface area (Å²) in [4.78, 5) is 28.0. The van der Waals surface area contributed by atoms with E-state index in [-0.39, 0.29) is 24.6 Å². The van der Waals surface area contributed by atoms with E-state index in [0.29, 0.717) is 16.6 Å². The van der Waals surface area contributed by atoms with Crippen LogP contribution in [0.5, 0.6) is 0 Å². The Morgan fingerprint density at radius 3 is 2.45 bits per heavy atom. The van der Waals surface area contributed by atoms with Crippen molar-refractivity contribution in [3.8, 4) is 0 Å². The number of carbonyl (C=O) groups excluding carboxylic acids is 2. The molecule has 0 bridgehead atoms. The maximum atomic E-state index is 13.4. The number of carbonyl (C=O) groups is 2. The quantitative estimate of drug-likeness (QED) is 0.825. The Balaban J connectivity index is 1.80. The molecule has 0 aliphatic rings. The molecule has 0 fully saturated rings. The fraction of sp³-hybridized carbons (Fsp3) is 0.214. The number of benzene rings is 1. The molecule has 8 heteroatoms. The van der Waals surface area contributed by atoms with Gasteiger partial charge in [0.2, 0.25) is 0 Å². The first-order chi connectivity index (χ1) is 10.5. The molecule has 0 unspecified atom stereocenters. The van der Waals surface area contributed by atoms with Gasteiger partial charge in [-0.15, -0.1) is 11.3 Å². The molecule has 2 rings (SSSR count). The van der Waals surface area contributed by atoms with Crippen LogP contribution >= 0.6 is 11.3 Å². The van der Waals surface area contributed by atoms with Crippen LogP contribution in [0.25, 0.3) is 0 Å². The number of nitrogens with zero attached hydrogens (tertiary/aromatic N) is 1. The van der Waals surface area contributed by atoms with Gasteiger partial charge in [0.25, 0.3) is 11.8 Å². The van der Waals surface area contributed by atoms with Gasteiger partial charge in [-0.05, 0) is 19.1 Å². The number of aromatic nitrogens is 1. The summed E-state index contributed by atoms with van der Waals surface area (Å²) in [5, 5.41) is 5.07. The van der Waals surface area contributed by atoms with E-state index in [1.807, 2.05) is 0 Å². The number of aryl methyl sites for hydroxylation is 1. The fourth-order valence-corrected chi connectivity index (χ4v) is 2.44. The lowest BCUT2D eigenvalue weighted by Gasteiger charge is -2.07. The summed E-state index contributed by atoms with van der Waals surface area (Å²) in [5.41, 5.74) is 1.97. The standard InChI is InChI=1S/C14H13F2N3O2S/c1-8-12(22-7-19-8)14(21)18-5-4-17-13(20)10-3-2-9(15)6-11(10)16/h2-3,6-7H,4-5H2,1H3,(H,17,20)(H,18,21). The molecule has 1 aromatic carbocycles. The average Bonchev–Trinajstić information content (AvgIpc) is 2.89. The van der Waals surface area contributed by atoms with Gasteiger partial charge in [-0.1, -0.05) is 0 Å². The zero-order chi connectivity index (χ0) is 16.1. The largest absolute Gasteiger partial charge is 0.350 e. The van der Waals surface area contributed by atoms with Crippen LogP contribution in [-0.4, -0.2) is 29.9 Å². The van der Waals surface area contributed by atoms with Crippen molar-refractivity contribution in [3.05, 3.63) is 51.5 Å². The summed E-state index contributed by atoms with van der Waals surface area (Å²) in [7, 11) is 0. The number of thiazole rings is 1. The molecule has 0 atom stereocenters. The fourth-order valence-electron chi connectivity index (χ4n) is 1.72. The molecule has 0 radical (unpaired) electrons. The molecule has 0 aliphatic carbocycles. The molecule has 1 heterocycles. The van der Waals surface area contributed by atoms with Gasteiger partial charge < -0.3 is 10.6 Å². The van der Waals surface area contributed by atoms with Gasteiger partial charge >= 0.3 is 0 Å². The minimum absolute atomic E-state index is 0.124. The van der Waals surface area contributed by atoms with E-state index >= 15 is 0 Å². The highest BCUT2D eigenvalue weighted by atomic mass is 32.1. The molecule has 0 saturated carbocycles. The highest BCUT2D eigenvalue weighted by Crippen LogP contribution is 2.11. The monoisotopic (exact) mass is 325 g/mol. The van der Waals surface area contributed by atoms with Gasteiger partial charge in [0.05, 0.1) is 16.8 Å². The molecule has 116 valence electrons. The van der Waals surface area contributed by atoms with Crippen molar-refractivity contribution in [2.24, 2.45) is 0 Å². The maximum Gasteiger partial charge on any atom is 0.263 e. The molecular formula is C14H13F2N3O2S. The first kappa shape index (κ1) is 16.0. The van der Waals surface area contributed by atoms with Crippen molar-refractivity contribution >= 4 is 23.2 Å². The SMILES string of the molecule is Cc1ncsc1C(=O)NCCNC(=O)c1ccc(F)cc1F. The highest BCUT2D eigenvalue weighted by Gasteiger charge is 2.13. The number of halogens is 2. The smallest absolute Gasteiger partial charge is 0.263 e. The van der Waals surface area contributed by atoms with E-state index in [1.54, 1.807) is 12.4 Å². The second kappa shape index (κ2) is 7.08. The normalized spacial score (nSPS) is 10.3. The van der Waals surface area contributed by atoms with E-state index in [1.165, 1.54) is 11.3 Å². The number of nitrogens with one attached hydrogen (secondary N) is 2. The number of rotatable bonds is 5. The zero-order valence-corrected chi connectivity index (χ0v) is 12.5. The second-order valence-corrected chi connectivity index (χ2v) is 5.26. The van der Waals surface area contributed by atoms with Gasteiger partial charge in [0.1, 0.15) is 16.5 Å². The summed E-state index contributed by atoms with van der Waals surface area (Å²) < 4.78 is 26.1. The predicted octanol–water partition coefficient (Wildman–Crippen LogP) is 1.89.